The van der Waals surface area contributed by atoms with E-state index in [0.717, 1.165) is 6.07 Å². The maximum absolute atomic E-state index is 12.9. The van der Waals surface area contributed by atoms with Crippen molar-refractivity contribution in [2.24, 2.45) is 0 Å². The van der Waals surface area contributed by atoms with Gasteiger partial charge in [-0.1, -0.05) is 12.1 Å². The summed E-state index contributed by atoms with van der Waals surface area (Å²) in [5.74, 6) is -2.62. The van der Waals surface area contributed by atoms with Crippen molar-refractivity contribution in [3.8, 4) is 0 Å². The third-order valence-electron chi connectivity index (χ3n) is 1.54. The number of allylic oxidation sites excluding steroid dienone is 2. The summed E-state index contributed by atoms with van der Waals surface area (Å²) in [4.78, 5) is 11.1. The van der Waals surface area contributed by atoms with Gasteiger partial charge < -0.3 is 0 Å². The molecule has 0 heterocycles. The Morgan fingerprint density at radius 2 is 2.08 bits per heavy atom. The zero-order valence-electron chi connectivity index (χ0n) is 7.05. The molecule has 0 radical (unpaired) electrons. The molecule has 0 saturated carbocycles. The third-order valence-corrected chi connectivity index (χ3v) is 1.54. The highest BCUT2D eigenvalue weighted by Gasteiger charge is 2.11. The minimum Gasteiger partial charge on any atom is -0.289 e. The molecule has 1 aromatic rings. The van der Waals surface area contributed by atoms with Gasteiger partial charge in [0.1, 0.15) is 0 Å². The van der Waals surface area contributed by atoms with Gasteiger partial charge in [-0.15, -0.1) is 0 Å². The van der Waals surface area contributed by atoms with E-state index in [4.69, 9.17) is 0 Å². The second kappa shape index (κ2) is 3.94. The summed E-state index contributed by atoms with van der Waals surface area (Å²) < 4.78 is 25.6. The number of rotatable bonds is 2. The molecule has 3 heteroatoms. The Kier molecular flexibility index (Phi) is 2.90. The maximum Gasteiger partial charge on any atom is 0.188 e. The van der Waals surface area contributed by atoms with Crippen LogP contribution in [0.2, 0.25) is 0 Å². The summed E-state index contributed by atoms with van der Waals surface area (Å²) in [6, 6.07) is 3.53. The smallest absolute Gasteiger partial charge is 0.188 e. The lowest BCUT2D eigenvalue weighted by Gasteiger charge is -1.98. The number of carbonyl (C=O) groups excluding carboxylic acids is 1. The maximum atomic E-state index is 12.9. The molecule has 68 valence electrons. The molecular formula is C10H8F2O. The lowest BCUT2D eigenvalue weighted by atomic mass is 10.1. The Labute approximate surface area is 74.7 Å². The van der Waals surface area contributed by atoms with E-state index >= 15 is 0 Å². The minimum absolute atomic E-state index is 0.238. The normalized spacial score (nSPS) is 10.7. The number of benzene rings is 1. The van der Waals surface area contributed by atoms with Gasteiger partial charge in [0, 0.05) is 0 Å². The highest BCUT2D eigenvalue weighted by Crippen LogP contribution is 2.12. The van der Waals surface area contributed by atoms with Crippen LogP contribution in [-0.4, -0.2) is 5.78 Å². The molecule has 1 aromatic carbocycles. The van der Waals surface area contributed by atoms with E-state index in [0.29, 0.717) is 0 Å². The van der Waals surface area contributed by atoms with Gasteiger partial charge in [-0.2, -0.15) is 0 Å². The third kappa shape index (κ3) is 1.99. The van der Waals surface area contributed by atoms with Crippen LogP contribution in [0.5, 0.6) is 0 Å². The van der Waals surface area contributed by atoms with Crippen LogP contribution < -0.4 is 0 Å². The van der Waals surface area contributed by atoms with Crippen LogP contribution in [0.3, 0.4) is 0 Å². The van der Waals surface area contributed by atoms with Crippen molar-refractivity contribution in [3.05, 3.63) is 47.5 Å². The van der Waals surface area contributed by atoms with Crippen molar-refractivity contribution in [1.82, 2.24) is 0 Å². The topological polar surface area (TPSA) is 17.1 Å². The zero-order chi connectivity index (χ0) is 9.84. The number of carbonyl (C=O) groups is 1. The quantitative estimate of drug-likeness (QED) is 0.507. The Morgan fingerprint density at radius 1 is 1.38 bits per heavy atom. The van der Waals surface area contributed by atoms with E-state index in [1.807, 2.05) is 0 Å². The van der Waals surface area contributed by atoms with Crippen LogP contribution in [0, 0.1) is 11.6 Å². The molecule has 0 aliphatic carbocycles. The minimum atomic E-state index is -1.09. The molecule has 0 saturated heterocycles. The average molecular weight is 182 g/mol. The molecular weight excluding hydrogens is 174 g/mol. The molecule has 0 aromatic heterocycles. The molecule has 0 bridgehead atoms. The van der Waals surface area contributed by atoms with Crippen molar-refractivity contribution in [2.45, 2.75) is 6.92 Å². The van der Waals surface area contributed by atoms with E-state index in [1.165, 1.54) is 24.3 Å². The molecule has 1 nitrogen and oxygen atoms in total. The highest BCUT2D eigenvalue weighted by molar-refractivity contribution is 6.04. The first-order valence-corrected chi connectivity index (χ1v) is 3.78. The average Bonchev–Trinajstić information content (AvgIpc) is 2.10. The van der Waals surface area contributed by atoms with E-state index in [1.54, 1.807) is 6.92 Å². The Balaban J connectivity index is 3.15. The summed E-state index contributed by atoms with van der Waals surface area (Å²) in [6.07, 6.45) is 2.67. The fourth-order valence-corrected chi connectivity index (χ4v) is 0.935. The monoisotopic (exact) mass is 182 g/mol. The van der Waals surface area contributed by atoms with Crippen molar-refractivity contribution in [3.63, 3.8) is 0 Å². The molecule has 0 N–H and O–H groups in total. The van der Waals surface area contributed by atoms with Gasteiger partial charge in [-0.25, -0.2) is 8.78 Å². The summed E-state index contributed by atoms with van der Waals surface area (Å²) in [5, 5.41) is 0. The summed E-state index contributed by atoms with van der Waals surface area (Å²) in [6.45, 7) is 1.63. The van der Waals surface area contributed by atoms with Crippen molar-refractivity contribution < 1.29 is 13.6 Å². The lowest BCUT2D eigenvalue weighted by molar-refractivity contribution is 0.104. The molecule has 0 aliphatic heterocycles. The fraction of sp³-hybridized carbons (Fsp3) is 0.100. The number of hydrogen-bond donors (Lipinski definition) is 0. The first-order valence-electron chi connectivity index (χ1n) is 3.78. The van der Waals surface area contributed by atoms with Crippen molar-refractivity contribution in [2.75, 3.05) is 0 Å². The lowest BCUT2D eigenvalue weighted by Crippen LogP contribution is -2.00. The van der Waals surface area contributed by atoms with Crippen LogP contribution in [0.15, 0.2) is 30.4 Å². The number of ketones is 1. The van der Waals surface area contributed by atoms with Crippen LogP contribution in [0.1, 0.15) is 17.3 Å². The Bertz CT molecular complexity index is 356. The predicted molar refractivity (Wildman–Crippen MR) is 45.5 cm³/mol. The van der Waals surface area contributed by atoms with E-state index in [2.05, 4.69) is 0 Å². The first kappa shape index (κ1) is 9.58. The zero-order valence-corrected chi connectivity index (χ0v) is 7.05. The van der Waals surface area contributed by atoms with Gasteiger partial charge in [0.2, 0.25) is 0 Å². The standard InChI is InChI=1S/C10H8F2O/c1-2-4-9(13)7-5-3-6-8(11)10(7)12/h2-6H,1H3/b4-2+. The van der Waals surface area contributed by atoms with Crippen LogP contribution in [0.25, 0.3) is 0 Å². The van der Waals surface area contributed by atoms with Crippen molar-refractivity contribution in [1.29, 1.82) is 0 Å². The van der Waals surface area contributed by atoms with Crippen LogP contribution >= 0.6 is 0 Å². The first-order chi connectivity index (χ1) is 6.16. The van der Waals surface area contributed by atoms with E-state index in [-0.39, 0.29) is 5.56 Å². The Morgan fingerprint density at radius 3 is 2.69 bits per heavy atom. The summed E-state index contributed by atoms with van der Waals surface area (Å²) in [7, 11) is 0. The van der Waals surface area contributed by atoms with Crippen LogP contribution in [0.4, 0.5) is 8.78 Å². The highest BCUT2D eigenvalue weighted by atomic mass is 19.2. The van der Waals surface area contributed by atoms with Gasteiger partial charge >= 0.3 is 0 Å². The van der Waals surface area contributed by atoms with Gasteiger partial charge in [0.15, 0.2) is 17.4 Å². The van der Waals surface area contributed by atoms with Crippen LogP contribution in [-0.2, 0) is 0 Å². The summed E-state index contributed by atoms with van der Waals surface area (Å²) in [5.41, 5.74) is -0.238. The molecule has 1 rings (SSSR count). The fourth-order valence-electron chi connectivity index (χ4n) is 0.935. The van der Waals surface area contributed by atoms with Crippen molar-refractivity contribution >= 4 is 5.78 Å². The molecule has 0 spiro atoms. The SMILES string of the molecule is C/C=C/C(=O)c1cccc(F)c1F. The van der Waals surface area contributed by atoms with Gasteiger partial charge in [-0.3, -0.25) is 4.79 Å². The van der Waals surface area contributed by atoms with Gasteiger partial charge in [0.05, 0.1) is 5.56 Å². The molecule has 0 aliphatic rings. The second-order valence-electron chi connectivity index (χ2n) is 2.47. The molecule has 0 atom stereocenters. The predicted octanol–water partition coefficient (Wildman–Crippen LogP) is 2.72. The van der Waals surface area contributed by atoms with E-state index in [9.17, 15) is 13.6 Å². The number of halogens is 2. The summed E-state index contributed by atoms with van der Waals surface area (Å²) >= 11 is 0. The number of hydrogen-bond acceptors (Lipinski definition) is 1. The van der Waals surface area contributed by atoms with Gasteiger partial charge in [0.25, 0.3) is 0 Å². The van der Waals surface area contributed by atoms with E-state index < -0.39 is 17.4 Å². The second-order valence-corrected chi connectivity index (χ2v) is 2.47. The molecule has 0 unspecified atom stereocenters. The molecule has 13 heavy (non-hydrogen) atoms. The largest absolute Gasteiger partial charge is 0.289 e. The Hall–Kier alpha value is -1.51. The van der Waals surface area contributed by atoms with Gasteiger partial charge in [-0.05, 0) is 25.1 Å². The molecule has 0 amide bonds. The molecule has 0 fully saturated rings.